The van der Waals surface area contributed by atoms with Crippen molar-refractivity contribution in [1.29, 1.82) is 0 Å². The molecule has 0 radical (unpaired) electrons. The molecule has 0 saturated carbocycles. The first-order chi connectivity index (χ1) is 12.1. The number of aryl methyl sites for hydroxylation is 1. The maximum absolute atomic E-state index is 12.1. The van der Waals surface area contributed by atoms with Gasteiger partial charge in [0.05, 0.1) is 5.56 Å². The minimum atomic E-state index is -0.904. The molecule has 2 aromatic rings. The van der Waals surface area contributed by atoms with Crippen LogP contribution in [0.5, 0.6) is 0 Å². The lowest BCUT2D eigenvalue weighted by Gasteiger charge is -2.44. The molecule has 3 rings (SSSR count). The average Bonchev–Trinajstić information content (AvgIpc) is 2.58. The van der Waals surface area contributed by atoms with Crippen molar-refractivity contribution in [2.24, 2.45) is 0 Å². The fraction of sp³-hybridized carbons (Fsp3) is 0.391. The Labute approximate surface area is 155 Å². The molecule has 1 aliphatic rings. The van der Waals surface area contributed by atoms with Crippen LogP contribution in [0.4, 0.5) is 0 Å². The van der Waals surface area contributed by atoms with Crippen molar-refractivity contribution in [1.82, 2.24) is 0 Å². The first-order valence-electron chi connectivity index (χ1n) is 9.06. The van der Waals surface area contributed by atoms with Gasteiger partial charge in [0.15, 0.2) is 0 Å². The van der Waals surface area contributed by atoms with Crippen LogP contribution in [0.25, 0.3) is 11.1 Å². The number of rotatable bonds is 3. The summed E-state index contributed by atoms with van der Waals surface area (Å²) in [5.74, 6) is -0.904. The number of carboxylic acids is 1. The quantitative estimate of drug-likeness (QED) is 0.741. The topological polar surface area (TPSA) is 54.4 Å². The van der Waals surface area contributed by atoms with Gasteiger partial charge in [0.2, 0.25) is 0 Å². The highest BCUT2D eigenvalue weighted by atomic mass is 16.4. The molecule has 1 aliphatic carbocycles. The molecule has 0 aromatic heterocycles. The Kier molecular flexibility index (Phi) is 4.30. The Bertz CT molecular complexity index is 887. The van der Waals surface area contributed by atoms with E-state index in [1.807, 2.05) is 19.1 Å². The third-order valence-corrected chi connectivity index (χ3v) is 5.85. The Morgan fingerprint density at radius 1 is 1.04 bits per heavy atom. The molecule has 136 valence electrons. The second-order valence-electron chi connectivity index (χ2n) is 8.68. The van der Waals surface area contributed by atoms with Crippen LogP contribution in [0.15, 0.2) is 30.3 Å². The third kappa shape index (κ3) is 2.86. The highest BCUT2D eigenvalue weighted by Gasteiger charge is 2.40. The van der Waals surface area contributed by atoms with Crippen molar-refractivity contribution >= 4 is 12.3 Å². The summed E-state index contributed by atoms with van der Waals surface area (Å²) in [5.41, 5.74) is 5.69. The number of hydrogen-bond donors (Lipinski definition) is 1. The van der Waals surface area contributed by atoms with Crippen molar-refractivity contribution in [2.75, 3.05) is 0 Å². The first kappa shape index (κ1) is 18.4. The van der Waals surface area contributed by atoms with Gasteiger partial charge in [-0.05, 0) is 52.8 Å². The van der Waals surface area contributed by atoms with Crippen molar-refractivity contribution in [3.8, 4) is 11.1 Å². The third-order valence-electron chi connectivity index (χ3n) is 5.85. The number of carbonyl (C=O) groups is 2. The van der Waals surface area contributed by atoms with E-state index in [1.54, 1.807) is 12.1 Å². The van der Waals surface area contributed by atoms with E-state index in [4.69, 9.17) is 0 Å². The smallest absolute Gasteiger partial charge is 0.336 e. The number of hydrogen-bond acceptors (Lipinski definition) is 2. The second kappa shape index (κ2) is 6.08. The van der Waals surface area contributed by atoms with Crippen LogP contribution in [0.3, 0.4) is 0 Å². The molecule has 0 heterocycles. The van der Waals surface area contributed by atoms with Gasteiger partial charge in [-0.2, -0.15) is 0 Å². The van der Waals surface area contributed by atoms with Gasteiger partial charge in [-0.3, -0.25) is 4.79 Å². The summed E-state index contributed by atoms with van der Waals surface area (Å²) in [6, 6.07) is 9.31. The molecule has 0 fully saturated rings. The van der Waals surface area contributed by atoms with E-state index in [9.17, 15) is 14.7 Å². The number of benzene rings is 2. The lowest BCUT2D eigenvalue weighted by Crippen LogP contribution is -2.35. The molecule has 0 atom stereocenters. The monoisotopic (exact) mass is 350 g/mol. The van der Waals surface area contributed by atoms with Crippen LogP contribution in [0.2, 0.25) is 0 Å². The number of carboxylic acid groups (broad SMARTS) is 1. The second-order valence-corrected chi connectivity index (χ2v) is 8.68. The zero-order chi connectivity index (χ0) is 19.3. The Balaban J connectivity index is 2.45. The molecule has 0 unspecified atom stereocenters. The molecule has 0 amide bonds. The number of aldehydes is 1. The zero-order valence-corrected chi connectivity index (χ0v) is 16.1. The average molecular weight is 350 g/mol. The fourth-order valence-corrected chi connectivity index (χ4v) is 4.23. The zero-order valence-electron chi connectivity index (χ0n) is 16.1. The van der Waals surface area contributed by atoms with Gasteiger partial charge >= 0.3 is 5.97 Å². The minimum Gasteiger partial charge on any atom is -0.478 e. The van der Waals surface area contributed by atoms with Gasteiger partial charge in [0.1, 0.15) is 6.29 Å². The largest absolute Gasteiger partial charge is 0.478 e. The summed E-state index contributed by atoms with van der Waals surface area (Å²) in [5, 5.41) is 9.95. The Hall–Kier alpha value is -2.42. The Morgan fingerprint density at radius 3 is 2.15 bits per heavy atom. The molecule has 0 saturated heterocycles. The van der Waals surface area contributed by atoms with E-state index in [0.717, 1.165) is 41.4 Å². The fourth-order valence-electron chi connectivity index (χ4n) is 4.23. The molecular formula is C23H26O3. The van der Waals surface area contributed by atoms with Crippen LogP contribution in [-0.4, -0.2) is 17.4 Å². The molecule has 26 heavy (non-hydrogen) atoms. The summed E-state index contributed by atoms with van der Waals surface area (Å²) in [7, 11) is 0. The summed E-state index contributed by atoms with van der Waals surface area (Å²) >= 11 is 0. The highest BCUT2D eigenvalue weighted by molar-refractivity contribution is 5.99. The molecule has 0 bridgehead atoms. The van der Waals surface area contributed by atoms with Crippen LogP contribution in [0, 0.1) is 6.92 Å². The standard InChI is InChI=1S/C23H26O3/c1-14-12-17-20(23(4,5)11-10-22(17,2)3)19(18(14)21(25)26)16-8-6-15(13-24)7-9-16/h6-9,12-13H,10-11H2,1-5H3,(H,25,26). The minimum absolute atomic E-state index is 0.00410. The Morgan fingerprint density at radius 2 is 1.62 bits per heavy atom. The van der Waals surface area contributed by atoms with Gasteiger partial charge in [0.25, 0.3) is 0 Å². The van der Waals surface area contributed by atoms with Gasteiger partial charge in [0, 0.05) is 11.1 Å². The summed E-state index contributed by atoms with van der Waals surface area (Å²) in [6.45, 7) is 10.8. The van der Waals surface area contributed by atoms with E-state index in [1.165, 1.54) is 5.56 Å². The van der Waals surface area contributed by atoms with Gasteiger partial charge in [-0.15, -0.1) is 0 Å². The summed E-state index contributed by atoms with van der Waals surface area (Å²) in [4.78, 5) is 23.2. The molecular weight excluding hydrogens is 324 g/mol. The van der Waals surface area contributed by atoms with Crippen molar-refractivity contribution in [3.05, 3.63) is 58.1 Å². The predicted molar refractivity (Wildman–Crippen MR) is 104 cm³/mol. The maximum atomic E-state index is 12.1. The molecule has 3 heteroatoms. The lowest BCUT2D eigenvalue weighted by molar-refractivity contribution is 0.0696. The van der Waals surface area contributed by atoms with E-state index in [-0.39, 0.29) is 10.8 Å². The normalized spacial score (nSPS) is 17.4. The molecule has 2 aromatic carbocycles. The lowest BCUT2D eigenvalue weighted by atomic mass is 9.60. The van der Waals surface area contributed by atoms with Gasteiger partial charge in [-0.1, -0.05) is 58.0 Å². The molecule has 0 spiro atoms. The van der Waals surface area contributed by atoms with Crippen LogP contribution >= 0.6 is 0 Å². The van der Waals surface area contributed by atoms with Gasteiger partial charge in [-0.25, -0.2) is 4.79 Å². The van der Waals surface area contributed by atoms with Crippen LogP contribution in [0.1, 0.15) is 77.9 Å². The summed E-state index contributed by atoms with van der Waals surface area (Å²) < 4.78 is 0. The van der Waals surface area contributed by atoms with Gasteiger partial charge < -0.3 is 5.11 Å². The maximum Gasteiger partial charge on any atom is 0.336 e. The SMILES string of the molecule is Cc1cc2c(c(-c3ccc(C=O)cc3)c1C(=O)O)C(C)(C)CCC2(C)C. The number of fused-ring (bicyclic) bond motifs is 1. The number of aromatic carboxylic acids is 1. The van der Waals surface area contributed by atoms with E-state index >= 15 is 0 Å². The van der Waals surface area contributed by atoms with Crippen molar-refractivity contribution < 1.29 is 14.7 Å². The molecule has 1 N–H and O–H groups in total. The van der Waals surface area contributed by atoms with E-state index in [2.05, 4.69) is 33.8 Å². The van der Waals surface area contributed by atoms with Crippen LogP contribution < -0.4 is 0 Å². The van der Waals surface area contributed by atoms with E-state index < -0.39 is 5.97 Å². The van der Waals surface area contributed by atoms with Crippen molar-refractivity contribution in [3.63, 3.8) is 0 Å². The predicted octanol–water partition coefficient (Wildman–Crippen LogP) is 5.52. The highest BCUT2D eigenvalue weighted by Crippen LogP contribution is 2.51. The number of carbonyl (C=O) groups excluding carboxylic acids is 1. The van der Waals surface area contributed by atoms with E-state index in [0.29, 0.717) is 11.1 Å². The summed E-state index contributed by atoms with van der Waals surface area (Å²) in [6.07, 6.45) is 2.89. The first-order valence-corrected chi connectivity index (χ1v) is 9.06. The molecule has 0 aliphatic heterocycles. The van der Waals surface area contributed by atoms with Crippen molar-refractivity contribution in [2.45, 2.75) is 58.3 Å². The van der Waals surface area contributed by atoms with Crippen LogP contribution in [-0.2, 0) is 10.8 Å². The molecule has 3 nitrogen and oxygen atoms in total.